The highest BCUT2D eigenvalue weighted by Gasteiger charge is 2.15. The lowest BCUT2D eigenvalue weighted by atomic mass is 10.1. The number of hydrogen-bond acceptors (Lipinski definition) is 5. The van der Waals surface area contributed by atoms with Crippen molar-refractivity contribution in [1.29, 1.82) is 0 Å². The van der Waals surface area contributed by atoms with E-state index in [-0.39, 0.29) is 10.6 Å². The van der Waals surface area contributed by atoms with Crippen molar-refractivity contribution in [3.63, 3.8) is 0 Å². The van der Waals surface area contributed by atoms with E-state index in [1.165, 1.54) is 6.07 Å². The Morgan fingerprint density at radius 3 is 2.65 bits per heavy atom. The maximum absolute atomic E-state index is 10.9. The molecule has 1 aromatic carbocycles. The molecule has 0 aromatic heterocycles. The molecule has 1 aliphatic heterocycles. The van der Waals surface area contributed by atoms with Gasteiger partial charge in [0.25, 0.3) is 5.69 Å². The predicted molar refractivity (Wildman–Crippen MR) is 77.4 cm³/mol. The van der Waals surface area contributed by atoms with E-state index in [0.717, 1.165) is 38.3 Å². The Kier molecular flexibility index (Phi) is 4.92. The molecule has 110 valence electrons. The molecule has 1 N–H and O–H groups in total. The van der Waals surface area contributed by atoms with Gasteiger partial charge in [-0.25, -0.2) is 0 Å². The first-order valence-corrected chi connectivity index (χ1v) is 6.89. The Morgan fingerprint density at radius 1 is 1.30 bits per heavy atom. The Bertz CT molecular complexity index is 485. The number of nitro benzene ring substituents is 1. The molecule has 20 heavy (non-hydrogen) atoms. The summed E-state index contributed by atoms with van der Waals surface area (Å²) in [5.74, 6) is 0.609. The van der Waals surface area contributed by atoms with E-state index in [1.54, 1.807) is 13.0 Å². The minimum absolute atomic E-state index is 0.118. The summed E-state index contributed by atoms with van der Waals surface area (Å²) in [7, 11) is 0. The molecule has 1 heterocycles. The zero-order valence-corrected chi connectivity index (χ0v) is 12.0. The van der Waals surface area contributed by atoms with Crippen molar-refractivity contribution in [3.05, 3.63) is 33.4 Å². The van der Waals surface area contributed by atoms with Crippen LogP contribution in [0.4, 0.5) is 5.69 Å². The molecule has 1 aliphatic rings. The van der Waals surface area contributed by atoms with Crippen LogP contribution in [0.15, 0.2) is 12.1 Å². The van der Waals surface area contributed by atoms with Crippen LogP contribution in [0.2, 0.25) is 0 Å². The fraction of sp³-hybridized carbons (Fsp3) is 0.571. The van der Waals surface area contributed by atoms with Gasteiger partial charge in [-0.3, -0.25) is 15.0 Å². The smallest absolute Gasteiger partial charge is 0.276 e. The lowest BCUT2D eigenvalue weighted by Gasteiger charge is -2.27. The molecule has 1 fully saturated rings. The quantitative estimate of drug-likeness (QED) is 0.653. The SMILES string of the molecule is Cc1cc(C)c([N+](=O)[O-])cc1OCCN1CCNCC1. The van der Waals surface area contributed by atoms with Crippen LogP contribution >= 0.6 is 0 Å². The third-order valence-electron chi connectivity index (χ3n) is 3.56. The minimum atomic E-state index is -0.363. The Hall–Kier alpha value is -1.66. The van der Waals surface area contributed by atoms with Crippen LogP contribution in [0.5, 0.6) is 5.75 Å². The maximum Gasteiger partial charge on any atom is 0.276 e. The van der Waals surface area contributed by atoms with Crippen LogP contribution in [0.3, 0.4) is 0 Å². The second-order valence-electron chi connectivity index (χ2n) is 5.10. The zero-order chi connectivity index (χ0) is 14.5. The first kappa shape index (κ1) is 14.7. The molecule has 1 saturated heterocycles. The third-order valence-corrected chi connectivity index (χ3v) is 3.56. The van der Waals surface area contributed by atoms with Gasteiger partial charge in [-0.1, -0.05) is 0 Å². The number of aryl methyl sites for hydroxylation is 2. The van der Waals surface area contributed by atoms with Crippen LogP contribution < -0.4 is 10.1 Å². The molecular formula is C14H21N3O3. The standard InChI is InChI=1S/C14H21N3O3/c1-11-9-12(2)14(10-13(11)17(18)19)20-8-7-16-5-3-15-4-6-16/h9-10,15H,3-8H2,1-2H3. The summed E-state index contributed by atoms with van der Waals surface area (Å²) < 4.78 is 5.72. The molecule has 0 unspecified atom stereocenters. The van der Waals surface area contributed by atoms with Crippen LogP contribution in [-0.2, 0) is 0 Å². The van der Waals surface area contributed by atoms with E-state index < -0.39 is 0 Å². The van der Waals surface area contributed by atoms with E-state index in [2.05, 4.69) is 10.2 Å². The van der Waals surface area contributed by atoms with Crippen LogP contribution in [-0.4, -0.2) is 49.2 Å². The Labute approximate surface area is 118 Å². The summed E-state index contributed by atoms with van der Waals surface area (Å²) in [6, 6.07) is 3.33. The fourth-order valence-corrected chi connectivity index (χ4v) is 2.39. The van der Waals surface area contributed by atoms with Gasteiger partial charge in [0.2, 0.25) is 0 Å². The molecule has 1 aromatic rings. The fourth-order valence-electron chi connectivity index (χ4n) is 2.39. The first-order valence-electron chi connectivity index (χ1n) is 6.89. The largest absolute Gasteiger partial charge is 0.492 e. The number of ether oxygens (including phenoxy) is 1. The molecule has 0 saturated carbocycles. The summed E-state index contributed by atoms with van der Waals surface area (Å²) >= 11 is 0. The Morgan fingerprint density at radius 2 is 2.00 bits per heavy atom. The van der Waals surface area contributed by atoms with Crippen molar-refractivity contribution in [2.75, 3.05) is 39.3 Å². The van der Waals surface area contributed by atoms with Gasteiger partial charge >= 0.3 is 0 Å². The van der Waals surface area contributed by atoms with Crippen molar-refractivity contribution in [2.24, 2.45) is 0 Å². The zero-order valence-electron chi connectivity index (χ0n) is 12.0. The summed E-state index contributed by atoms with van der Waals surface area (Å²) in [5.41, 5.74) is 1.73. The highest BCUT2D eigenvalue weighted by molar-refractivity contribution is 5.49. The molecule has 0 aliphatic carbocycles. The minimum Gasteiger partial charge on any atom is -0.492 e. The maximum atomic E-state index is 10.9. The lowest BCUT2D eigenvalue weighted by Crippen LogP contribution is -2.44. The van der Waals surface area contributed by atoms with Crippen molar-refractivity contribution in [2.45, 2.75) is 13.8 Å². The van der Waals surface area contributed by atoms with Crippen LogP contribution in [0.25, 0.3) is 0 Å². The lowest BCUT2D eigenvalue weighted by molar-refractivity contribution is -0.385. The third kappa shape index (κ3) is 3.68. The van der Waals surface area contributed by atoms with Gasteiger partial charge in [-0.2, -0.15) is 0 Å². The first-order chi connectivity index (χ1) is 9.58. The topological polar surface area (TPSA) is 67.6 Å². The molecule has 6 heteroatoms. The van der Waals surface area contributed by atoms with Gasteiger partial charge in [0.1, 0.15) is 12.4 Å². The number of rotatable bonds is 5. The number of nitro groups is 1. The summed E-state index contributed by atoms with van der Waals surface area (Å²) in [6.45, 7) is 9.13. The number of nitrogens with one attached hydrogen (secondary N) is 1. The summed E-state index contributed by atoms with van der Waals surface area (Å²) in [6.07, 6.45) is 0. The normalized spacial score (nSPS) is 16.1. The molecule has 6 nitrogen and oxygen atoms in total. The molecule has 0 radical (unpaired) electrons. The van der Waals surface area contributed by atoms with E-state index in [1.807, 2.05) is 6.92 Å². The van der Waals surface area contributed by atoms with E-state index in [9.17, 15) is 10.1 Å². The van der Waals surface area contributed by atoms with E-state index >= 15 is 0 Å². The highest BCUT2D eigenvalue weighted by Crippen LogP contribution is 2.27. The number of benzene rings is 1. The average Bonchev–Trinajstić information content (AvgIpc) is 2.42. The predicted octanol–water partition coefficient (Wildman–Crippen LogP) is 1.50. The van der Waals surface area contributed by atoms with Crippen LogP contribution in [0.1, 0.15) is 11.1 Å². The average molecular weight is 279 g/mol. The molecule has 0 bridgehead atoms. The number of nitrogens with zero attached hydrogens (tertiary/aromatic N) is 2. The van der Waals surface area contributed by atoms with Gasteiger partial charge in [0.05, 0.1) is 11.0 Å². The van der Waals surface area contributed by atoms with Gasteiger partial charge in [-0.15, -0.1) is 0 Å². The van der Waals surface area contributed by atoms with Crippen molar-refractivity contribution < 1.29 is 9.66 Å². The van der Waals surface area contributed by atoms with Gasteiger partial charge in [0, 0.05) is 38.3 Å². The molecule has 0 atom stereocenters. The second kappa shape index (κ2) is 6.67. The van der Waals surface area contributed by atoms with E-state index in [0.29, 0.717) is 17.9 Å². The van der Waals surface area contributed by atoms with Gasteiger partial charge in [-0.05, 0) is 25.5 Å². The highest BCUT2D eigenvalue weighted by atomic mass is 16.6. The van der Waals surface area contributed by atoms with Gasteiger partial charge < -0.3 is 10.1 Å². The Balaban J connectivity index is 1.94. The monoisotopic (exact) mass is 279 g/mol. The summed E-state index contributed by atoms with van der Waals surface area (Å²) in [5, 5.41) is 14.2. The molecule has 0 amide bonds. The van der Waals surface area contributed by atoms with Crippen LogP contribution in [0, 0.1) is 24.0 Å². The molecule has 0 spiro atoms. The van der Waals surface area contributed by atoms with Gasteiger partial charge in [0.15, 0.2) is 0 Å². The number of piperazine rings is 1. The second-order valence-corrected chi connectivity index (χ2v) is 5.10. The van der Waals surface area contributed by atoms with E-state index in [4.69, 9.17) is 4.74 Å². The van der Waals surface area contributed by atoms with Crippen molar-refractivity contribution >= 4 is 5.69 Å². The molecule has 2 rings (SSSR count). The molecular weight excluding hydrogens is 258 g/mol. The van der Waals surface area contributed by atoms with Crippen molar-refractivity contribution in [1.82, 2.24) is 10.2 Å². The number of hydrogen-bond donors (Lipinski definition) is 1. The summed E-state index contributed by atoms with van der Waals surface area (Å²) in [4.78, 5) is 12.9. The van der Waals surface area contributed by atoms with Crippen molar-refractivity contribution in [3.8, 4) is 5.75 Å².